The molecule has 96 valence electrons. The molecule has 1 N–H and O–H groups in total. The zero-order valence-corrected chi connectivity index (χ0v) is 11.9. The minimum atomic E-state index is -0.241. The maximum atomic E-state index is 13.0. The normalized spacial score (nSPS) is 11.1. The first-order chi connectivity index (χ1) is 8.09. The van der Waals surface area contributed by atoms with Crippen LogP contribution in [0.15, 0.2) is 22.7 Å². The van der Waals surface area contributed by atoms with E-state index in [1.165, 1.54) is 6.07 Å². The Morgan fingerprint density at radius 1 is 1.41 bits per heavy atom. The molecule has 0 bridgehead atoms. The van der Waals surface area contributed by atoms with Gasteiger partial charge in [-0.15, -0.1) is 0 Å². The fraction of sp³-hybridized carbons (Fsp3) is 0.538. The number of hydrogen-bond donors (Lipinski definition) is 1. The second-order valence-corrected chi connectivity index (χ2v) is 5.12. The summed E-state index contributed by atoms with van der Waals surface area (Å²) >= 11 is 3.16. The maximum Gasteiger partial charge on any atom is 0.137 e. The van der Waals surface area contributed by atoms with Crippen molar-refractivity contribution in [1.29, 1.82) is 0 Å². The fourth-order valence-corrected chi connectivity index (χ4v) is 1.81. The van der Waals surface area contributed by atoms with Gasteiger partial charge in [0.1, 0.15) is 5.82 Å². The molecule has 0 fully saturated rings. The summed E-state index contributed by atoms with van der Waals surface area (Å²) in [6.07, 6.45) is 0.987. The van der Waals surface area contributed by atoms with Crippen molar-refractivity contribution in [3.63, 3.8) is 0 Å². The molecule has 1 rings (SSSR count). The molecule has 0 atom stereocenters. The molecular formula is C13H19BrFNO. The van der Waals surface area contributed by atoms with Gasteiger partial charge in [0.2, 0.25) is 0 Å². The summed E-state index contributed by atoms with van der Waals surface area (Å²) in [4.78, 5) is 0. The average molecular weight is 304 g/mol. The van der Waals surface area contributed by atoms with Crippen molar-refractivity contribution in [2.24, 2.45) is 0 Å². The number of nitrogens with one attached hydrogen (secondary N) is 1. The molecule has 0 spiro atoms. The van der Waals surface area contributed by atoms with E-state index < -0.39 is 0 Å². The minimum absolute atomic E-state index is 0.241. The van der Waals surface area contributed by atoms with Crippen LogP contribution in [0, 0.1) is 5.82 Å². The quantitative estimate of drug-likeness (QED) is 0.779. The monoisotopic (exact) mass is 303 g/mol. The maximum absolute atomic E-state index is 13.0. The van der Waals surface area contributed by atoms with Gasteiger partial charge in [0, 0.05) is 12.6 Å². The molecule has 17 heavy (non-hydrogen) atoms. The molecule has 0 aromatic heterocycles. The van der Waals surface area contributed by atoms with Crippen molar-refractivity contribution in [3.05, 3.63) is 34.1 Å². The van der Waals surface area contributed by atoms with Crippen molar-refractivity contribution in [2.75, 3.05) is 13.2 Å². The van der Waals surface area contributed by atoms with Crippen LogP contribution in [0.25, 0.3) is 0 Å². The zero-order valence-electron chi connectivity index (χ0n) is 10.3. The van der Waals surface area contributed by atoms with E-state index in [1.54, 1.807) is 12.1 Å². The second-order valence-electron chi connectivity index (χ2n) is 4.26. The third-order valence-electron chi connectivity index (χ3n) is 2.27. The Balaban J connectivity index is 2.16. The smallest absolute Gasteiger partial charge is 0.137 e. The van der Waals surface area contributed by atoms with Crippen LogP contribution in [0.2, 0.25) is 0 Å². The van der Waals surface area contributed by atoms with Gasteiger partial charge in [0.15, 0.2) is 0 Å². The van der Waals surface area contributed by atoms with Crippen LogP contribution < -0.4 is 5.32 Å². The minimum Gasteiger partial charge on any atom is -0.377 e. The summed E-state index contributed by atoms with van der Waals surface area (Å²) in [7, 11) is 0. The van der Waals surface area contributed by atoms with Gasteiger partial charge in [0.05, 0.1) is 11.1 Å². The molecule has 0 saturated heterocycles. The molecule has 0 saturated carbocycles. The van der Waals surface area contributed by atoms with Crippen molar-refractivity contribution in [2.45, 2.75) is 32.9 Å². The highest BCUT2D eigenvalue weighted by Crippen LogP contribution is 2.17. The van der Waals surface area contributed by atoms with Crippen LogP contribution in [-0.4, -0.2) is 19.2 Å². The molecule has 0 aliphatic carbocycles. The first kappa shape index (κ1) is 14.6. The number of benzene rings is 1. The Bertz CT molecular complexity index is 344. The lowest BCUT2D eigenvalue weighted by Gasteiger charge is -2.08. The van der Waals surface area contributed by atoms with Gasteiger partial charge >= 0.3 is 0 Å². The Morgan fingerprint density at radius 2 is 2.18 bits per heavy atom. The molecule has 0 aliphatic rings. The number of halogens is 2. The van der Waals surface area contributed by atoms with Crippen LogP contribution >= 0.6 is 15.9 Å². The number of rotatable bonds is 7. The van der Waals surface area contributed by atoms with Crippen molar-refractivity contribution in [3.8, 4) is 0 Å². The van der Waals surface area contributed by atoms with Crippen LogP contribution in [0.1, 0.15) is 25.8 Å². The predicted octanol–water partition coefficient (Wildman–Crippen LogP) is 3.49. The van der Waals surface area contributed by atoms with Gasteiger partial charge in [-0.1, -0.05) is 19.9 Å². The molecular weight excluding hydrogens is 285 g/mol. The van der Waals surface area contributed by atoms with E-state index in [0.29, 0.717) is 23.7 Å². The molecule has 1 aromatic carbocycles. The molecule has 0 heterocycles. The average Bonchev–Trinajstić information content (AvgIpc) is 2.27. The third kappa shape index (κ3) is 6.15. The summed E-state index contributed by atoms with van der Waals surface area (Å²) in [5, 5.41) is 3.32. The van der Waals surface area contributed by atoms with Gasteiger partial charge in [-0.25, -0.2) is 4.39 Å². The summed E-state index contributed by atoms with van der Waals surface area (Å²) in [6.45, 7) is 6.45. The van der Waals surface area contributed by atoms with E-state index in [0.717, 1.165) is 18.5 Å². The first-order valence-electron chi connectivity index (χ1n) is 5.84. The summed E-state index contributed by atoms with van der Waals surface area (Å²) in [6, 6.07) is 5.46. The van der Waals surface area contributed by atoms with E-state index in [4.69, 9.17) is 4.74 Å². The molecule has 0 aliphatic heterocycles. The van der Waals surface area contributed by atoms with Crippen molar-refractivity contribution in [1.82, 2.24) is 5.32 Å². The largest absolute Gasteiger partial charge is 0.377 e. The van der Waals surface area contributed by atoms with E-state index in [2.05, 4.69) is 35.1 Å². The molecule has 0 radical (unpaired) electrons. The van der Waals surface area contributed by atoms with Gasteiger partial charge in [-0.05, 0) is 46.6 Å². The van der Waals surface area contributed by atoms with E-state index in [-0.39, 0.29) is 5.82 Å². The Labute approximate surface area is 111 Å². The number of hydrogen-bond acceptors (Lipinski definition) is 2. The Kier molecular flexibility index (Phi) is 6.70. The van der Waals surface area contributed by atoms with E-state index in [1.807, 2.05) is 0 Å². The Morgan fingerprint density at radius 3 is 2.82 bits per heavy atom. The highest BCUT2D eigenvalue weighted by atomic mass is 79.9. The highest BCUT2D eigenvalue weighted by Gasteiger charge is 2.00. The molecule has 0 amide bonds. The van der Waals surface area contributed by atoms with Gasteiger partial charge in [-0.3, -0.25) is 0 Å². The Hall–Kier alpha value is -0.450. The summed E-state index contributed by atoms with van der Waals surface area (Å²) < 4.78 is 19.0. The first-order valence-corrected chi connectivity index (χ1v) is 6.64. The lowest BCUT2D eigenvalue weighted by molar-refractivity contribution is 0.118. The SMILES string of the molecule is CC(C)NCCCOCc1ccc(F)c(Br)c1. The summed E-state index contributed by atoms with van der Waals surface area (Å²) in [5.41, 5.74) is 0.982. The van der Waals surface area contributed by atoms with Gasteiger partial charge in [0.25, 0.3) is 0 Å². The topological polar surface area (TPSA) is 21.3 Å². The van der Waals surface area contributed by atoms with E-state index in [9.17, 15) is 4.39 Å². The molecule has 1 aromatic rings. The van der Waals surface area contributed by atoms with Crippen LogP contribution in [-0.2, 0) is 11.3 Å². The second kappa shape index (κ2) is 7.80. The lowest BCUT2D eigenvalue weighted by Crippen LogP contribution is -2.24. The molecule has 0 unspecified atom stereocenters. The zero-order chi connectivity index (χ0) is 12.7. The van der Waals surface area contributed by atoms with Gasteiger partial charge < -0.3 is 10.1 Å². The van der Waals surface area contributed by atoms with Crippen LogP contribution in [0.3, 0.4) is 0 Å². The fourth-order valence-electron chi connectivity index (χ4n) is 1.38. The van der Waals surface area contributed by atoms with E-state index >= 15 is 0 Å². The third-order valence-corrected chi connectivity index (χ3v) is 2.88. The summed E-state index contributed by atoms with van der Waals surface area (Å²) in [5.74, 6) is -0.241. The van der Waals surface area contributed by atoms with Crippen molar-refractivity contribution < 1.29 is 9.13 Å². The van der Waals surface area contributed by atoms with Crippen molar-refractivity contribution >= 4 is 15.9 Å². The number of ether oxygens (including phenoxy) is 1. The lowest BCUT2D eigenvalue weighted by atomic mass is 10.2. The standard InChI is InChI=1S/C13H19BrFNO/c1-10(2)16-6-3-7-17-9-11-4-5-13(15)12(14)8-11/h4-5,8,10,16H,3,6-7,9H2,1-2H3. The van der Waals surface area contributed by atoms with Crippen LogP contribution in [0.4, 0.5) is 4.39 Å². The highest BCUT2D eigenvalue weighted by molar-refractivity contribution is 9.10. The predicted molar refractivity (Wildman–Crippen MR) is 71.5 cm³/mol. The molecule has 2 nitrogen and oxygen atoms in total. The molecule has 4 heteroatoms. The van der Waals surface area contributed by atoms with Crippen LogP contribution in [0.5, 0.6) is 0 Å². The van der Waals surface area contributed by atoms with Gasteiger partial charge in [-0.2, -0.15) is 0 Å².